The maximum Gasteiger partial charge on any atom is 0.330 e. The van der Waals surface area contributed by atoms with Gasteiger partial charge in [0.15, 0.2) is 0 Å². The van der Waals surface area contributed by atoms with Crippen LogP contribution in [0.4, 0.5) is 0 Å². The summed E-state index contributed by atoms with van der Waals surface area (Å²) in [5.41, 5.74) is 8.46. The summed E-state index contributed by atoms with van der Waals surface area (Å²) in [6.45, 7) is 5.98. The van der Waals surface area contributed by atoms with Crippen LogP contribution in [0, 0.1) is 12.8 Å². The molecule has 0 saturated carbocycles. The van der Waals surface area contributed by atoms with Crippen LogP contribution in [0.5, 0.6) is 0 Å². The normalized spacial score (nSPS) is 19.4. The van der Waals surface area contributed by atoms with Gasteiger partial charge in [0, 0.05) is 30.2 Å². The lowest BCUT2D eigenvalue weighted by Crippen LogP contribution is -2.42. The van der Waals surface area contributed by atoms with Gasteiger partial charge in [0.05, 0.1) is 6.61 Å². The van der Waals surface area contributed by atoms with Gasteiger partial charge < -0.3 is 19.9 Å². The van der Waals surface area contributed by atoms with Gasteiger partial charge in [-0.1, -0.05) is 111 Å². The number of carbonyl (C=O) groups is 1. The van der Waals surface area contributed by atoms with Crippen molar-refractivity contribution in [2.45, 2.75) is 69.9 Å². The first kappa shape index (κ1) is 33.1. The highest BCUT2D eigenvalue weighted by atomic mass is 16.6. The number of aryl methyl sites for hydroxylation is 1. The van der Waals surface area contributed by atoms with Gasteiger partial charge in [0.25, 0.3) is 5.56 Å². The summed E-state index contributed by atoms with van der Waals surface area (Å²) in [7, 11) is 0. The lowest BCUT2D eigenvalue weighted by atomic mass is 9.67. The highest BCUT2D eigenvalue weighted by Gasteiger charge is 2.41. The number of nitrogens with two attached hydrogens (primary N) is 1. The molecular weight excluding hydrogens is 582 g/mol. The van der Waals surface area contributed by atoms with Gasteiger partial charge in [-0.3, -0.25) is 19.1 Å². The Bertz CT molecular complexity index is 1590. The molecule has 4 aromatic rings. The molecule has 0 spiro atoms. The van der Waals surface area contributed by atoms with Gasteiger partial charge in [-0.25, -0.2) is 4.79 Å². The SMILES string of the molecule is CCC(C)C(N)C(=O)O[C@H]1C[C@H](n2cc(C)c(=O)[nH]c2=O)O[C@@H]1COCCC(c1ccccc1)(c1ccccc1)c1ccccc1. The predicted molar refractivity (Wildman–Crippen MR) is 177 cm³/mol. The number of H-pyrrole nitrogens is 1. The minimum Gasteiger partial charge on any atom is -0.458 e. The van der Waals surface area contributed by atoms with Crippen molar-refractivity contribution in [1.29, 1.82) is 0 Å². The number of hydrogen-bond donors (Lipinski definition) is 2. The number of hydrogen-bond acceptors (Lipinski definition) is 7. The molecule has 3 aromatic carbocycles. The number of aromatic amines is 1. The molecule has 242 valence electrons. The van der Waals surface area contributed by atoms with Crippen molar-refractivity contribution in [3.63, 3.8) is 0 Å². The molecule has 0 radical (unpaired) electrons. The van der Waals surface area contributed by atoms with Gasteiger partial charge in [0.2, 0.25) is 0 Å². The van der Waals surface area contributed by atoms with Crippen LogP contribution in [0.3, 0.4) is 0 Å². The van der Waals surface area contributed by atoms with Crippen LogP contribution >= 0.6 is 0 Å². The smallest absolute Gasteiger partial charge is 0.330 e. The molecule has 0 aliphatic carbocycles. The van der Waals surface area contributed by atoms with Crippen LogP contribution in [-0.4, -0.2) is 47.0 Å². The molecule has 2 heterocycles. The van der Waals surface area contributed by atoms with Gasteiger partial charge in [-0.15, -0.1) is 0 Å². The van der Waals surface area contributed by atoms with Crippen LogP contribution in [-0.2, 0) is 24.4 Å². The third-order valence-corrected chi connectivity index (χ3v) is 9.14. The molecule has 1 aliphatic rings. The molecule has 5 atom stereocenters. The first-order valence-corrected chi connectivity index (χ1v) is 15.9. The Hall–Kier alpha value is -4.31. The summed E-state index contributed by atoms with van der Waals surface area (Å²) in [5, 5.41) is 0. The van der Waals surface area contributed by atoms with Crippen molar-refractivity contribution in [3.8, 4) is 0 Å². The third kappa shape index (κ3) is 7.07. The van der Waals surface area contributed by atoms with E-state index < -0.39 is 47.1 Å². The topological polar surface area (TPSA) is 126 Å². The molecule has 0 bridgehead atoms. The second kappa shape index (κ2) is 14.9. The Kier molecular flexibility index (Phi) is 10.7. The summed E-state index contributed by atoms with van der Waals surface area (Å²) < 4.78 is 19.9. The summed E-state index contributed by atoms with van der Waals surface area (Å²) in [6, 6.07) is 30.4. The second-order valence-electron chi connectivity index (χ2n) is 12.1. The van der Waals surface area contributed by atoms with Gasteiger partial charge >= 0.3 is 11.7 Å². The molecule has 9 nitrogen and oxygen atoms in total. The van der Waals surface area contributed by atoms with Crippen LogP contribution in [0.1, 0.15) is 61.6 Å². The summed E-state index contributed by atoms with van der Waals surface area (Å²) >= 11 is 0. The molecule has 1 aliphatic heterocycles. The molecule has 2 unspecified atom stereocenters. The van der Waals surface area contributed by atoms with Crippen molar-refractivity contribution in [1.82, 2.24) is 9.55 Å². The first-order valence-electron chi connectivity index (χ1n) is 15.9. The fourth-order valence-electron chi connectivity index (χ4n) is 6.19. The lowest BCUT2D eigenvalue weighted by Gasteiger charge is -2.36. The van der Waals surface area contributed by atoms with Crippen LogP contribution < -0.4 is 17.0 Å². The van der Waals surface area contributed by atoms with Crippen molar-refractivity contribution in [2.75, 3.05) is 13.2 Å². The van der Waals surface area contributed by atoms with E-state index in [2.05, 4.69) is 41.4 Å². The van der Waals surface area contributed by atoms with Gasteiger partial charge in [-0.2, -0.15) is 0 Å². The number of nitrogens with one attached hydrogen (secondary N) is 1. The zero-order valence-electron chi connectivity index (χ0n) is 26.6. The Balaban J connectivity index is 1.39. The number of benzene rings is 3. The Morgan fingerprint density at radius 3 is 2.04 bits per heavy atom. The van der Waals surface area contributed by atoms with E-state index in [9.17, 15) is 14.4 Å². The largest absolute Gasteiger partial charge is 0.458 e. The molecule has 1 saturated heterocycles. The monoisotopic (exact) mass is 625 g/mol. The summed E-state index contributed by atoms with van der Waals surface area (Å²) in [6.07, 6.45) is 0.915. The average Bonchev–Trinajstić information content (AvgIpc) is 3.48. The number of carbonyl (C=O) groups excluding carboxylic acids is 1. The molecule has 0 amide bonds. The van der Waals surface area contributed by atoms with Crippen LogP contribution in [0.15, 0.2) is 107 Å². The Labute approximate surface area is 269 Å². The lowest BCUT2D eigenvalue weighted by molar-refractivity contribution is -0.156. The van der Waals surface area contributed by atoms with Gasteiger partial charge in [0.1, 0.15) is 24.5 Å². The molecule has 3 N–H and O–H groups in total. The van der Waals surface area contributed by atoms with Crippen molar-refractivity contribution < 1.29 is 19.0 Å². The standard InChI is InChI=1S/C37H43N3O6/c1-4-25(2)33(38)35(42)46-30-22-32(40-23-26(3)34(41)39-36(40)43)45-31(30)24-44-21-20-37(27-14-8-5-9-15-27,28-16-10-6-11-17-28)29-18-12-7-13-19-29/h5-19,23,25,30-33H,4,20-22,24,38H2,1-3H3,(H,39,41,43)/t25?,30-,31+,32+,33?/m0/s1. The highest BCUT2D eigenvalue weighted by Crippen LogP contribution is 2.42. The molecule has 5 rings (SSSR count). The fourth-order valence-corrected chi connectivity index (χ4v) is 6.19. The van der Waals surface area contributed by atoms with E-state index in [1.807, 2.05) is 68.4 Å². The van der Waals surface area contributed by atoms with Crippen LogP contribution in [0.2, 0.25) is 0 Å². The predicted octanol–water partition coefficient (Wildman–Crippen LogP) is 4.86. The first-order chi connectivity index (χ1) is 22.2. The third-order valence-electron chi connectivity index (χ3n) is 9.14. The van der Waals surface area contributed by atoms with E-state index in [4.69, 9.17) is 19.9 Å². The van der Waals surface area contributed by atoms with Crippen molar-refractivity contribution >= 4 is 5.97 Å². The highest BCUT2D eigenvalue weighted by molar-refractivity contribution is 5.76. The average molecular weight is 626 g/mol. The van der Waals surface area contributed by atoms with E-state index in [1.54, 1.807) is 6.92 Å². The summed E-state index contributed by atoms with van der Waals surface area (Å²) in [5.74, 6) is -0.582. The molecule has 9 heteroatoms. The number of aromatic nitrogens is 2. The molecule has 46 heavy (non-hydrogen) atoms. The van der Waals surface area contributed by atoms with E-state index in [0.717, 1.165) is 23.1 Å². The fraction of sp³-hybridized carbons (Fsp3) is 0.378. The minimum absolute atomic E-state index is 0.0631. The number of ether oxygens (including phenoxy) is 3. The van der Waals surface area contributed by atoms with Crippen LogP contribution in [0.25, 0.3) is 0 Å². The zero-order chi connectivity index (χ0) is 32.7. The zero-order valence-corrected chi connectivity index (χ0v) is 26.6. The Morgan fingerprint density at radius 2 is 1.52 bits per heavy atom. The number of rotatable bonds is 13. The summed E-state index contributed by atoms with van der Waals surface area (Å²) in [4.78, 5) is 40.0. The van der Waals surface area contributed by atoms with Crippen molar-refractivity contribution in [3.05, 3.63) is 140 Å². The maximum absolute atomic E-state index is 13.0. The van der Waals surface area contributed by atoms with E-state index >= 15 is 0 Å². The van der Waals surface area contributed by atoms with E-state index in [-0.39, 0.29) is 18.9 Å². The Morgan fingerprint density at radius 1 is 0.978 bits per heavy atom. The number of nitrogens with zero attached hydrogens (tertiary/aromatic N) is 1. The van der Waals surface area contributed by atoms with Crippen molar-refractivity contribution in [2.24, 2.45) is 11.7 Å². The molecule has 1 aromatic heterocycles. The van der Waals surface area contributed by atoms with E-state index in [0.29, 0.717) is 18.6 Å². The minimum atomic E-state index is -0.785. The molecular formula is C37H43N3O6. The molecule has 1 fully saturated rings. The quantitative estimate of drug-likeness (QED) is 0.124. The maximum atomic E-state index is 13.0. The number of esters is 1. The van der Waals surface area contributed by atoms with Gasteiger partial charge in [-0.05, 0) is 36.0 Å². The van der Waals surface area contributed by atoms with E-state index in [1.165, 1.54) is 10.8 Å². The second-order valence-corrected chi connectivity index (χ2v) is 12.1.